The monoisotopic (exact) mass is 343 g/mol. The standard InChI is InChI=1S/C18H18FN3OS/c1-12(17(23)13-5-7-14(19)8-6-13)21-10-15-11-24-18(22-15)16-4-2-3-9-20-16/h2-9,11-12,17,21,23H,10H2,1H3. The van der Waals surface area contributed by atoms with Crippen LogP contribution in [0.1, 0.15) is 24.3 Å². The first-order valence-corrected chi connectivity index (χ1v) is 8.54. The van der Waals surface area contributed by atoms with Gasteiger partial charge in [-0.05, 0) is 36.8 Å². The van der Waals surface area contributed by atoms with Gasteiger partial charge in [-0.25, -0.2) is 9.37 Å². The zero-order valence-corrected chi connectivity index (χ0v) is 14.0. The highest BCUT2D eigenvalue weighted by Crippen LogP contribution is 2.22. The molecular formula is C18H18FN3OS. The number of aromatic nitrogens is 2. The number of hydrogen-bond donors (Lipinski definition) is 2. The lowest BCUT2D eigenvalue weighted by molar-refractivity contribution is 0.135. The second-order valence-corrected chi connectivity index (χ2v) is 6.38. The Morgan fingerprint density at radius 3 is 2.71 bits per heavy atom. The van der Waals surface area contributed by atoms with Crippen molar-refractivity contribution in [1.82, 2.24) is 15.3 Å². The number of rotatable bonds is 6. The molecule has 0 aliphatic carbocycles. The van der Waals surface area contributed by atoms with Gasteiger partial charge < -0.3 is 10.4 Å². The van der Waals surface area contributed by atoms with Gasteiger partial charge in [-0.15, -0.1) is 11.3 Å². The lowest BCUT2D eigenvalue weighted by atomic mass is 10.0. The highest BCUT2D eigenvalue weighted by atomic mass is 32.1. The lowest BCUT2D eigenvalue weighted by Crippen LogP contribution is -2.31. The van der Waals surface area contributed by atoms with Crippen molar-refractivity contribution in [2.24, 2.45) is 0 Å². The van der Waals surface area contributed by atoms with E-state index in [1.54, 1.807) is 29.7 Å². The maximum Gasteiger partial charge on any atom is 0.142 e. The predicted molar refractivity (Wildman–Crippen MR) is 93.0 cm³/mol. The number of hydrogen-bond acceptors (Lipinski definition) is 5. The Morgan fingerprint density at radius 1 is 1.21 bits per heavy atom. The van der Waals surface area contributed by atoms with Crippen LogP contribution in [0.15, 0.2) is 54.0 Å². The van der Waals surface area contributed by atoms with Gasteiger partial charge in [0, 0.05) is 24.2 Å². The second kappa shape index (κ2) is 7.61. The molecule has 0 radical (unpaired) electrons. The van der Waals surface area contributed by atoms with E-state index in [1.807, 2.05) is 30.5 Å². The van der Waals surface area contributed by atoms with E-state index in [2.05, 4.69) is 15.3 Å². The van der Waals surface area contributed by atoms with Gasteiger partial charge in [0.25, 0.3) is 0 Å². The largest absolute Gasteiger partial charge is 0.387 e. The van der Waals surface area contributed by atoms with Crippen molar-refractivity contribution >= 4 is 11.3 Å². The summed E-state index contributed by atoms with van der Waals surface area (Å²) in [5, 5.41) is 16.4. The third-order valence-corrected chi connectivity index (χ3v) is 4.64. The Kier molecular flexibility index (Phi) is 5.30. The van der Waals surface area contributed by atoms with E-state index in [1.165, 1.54) is 12.1 Å². The van der Waals surface area contributed by atoms with Gasteiger partial charge in [-0.3, -0.25) is 4.98 Å². The molecule has 0 fully saturated rings. The van der Waals surface area contributed by atoms with Gasteiger partial charge in [0.15, 0.2) is 0 Å². The molecule has 0 aliphatic rings. The third kappa shape index (κ3) is 4.03. The first-order chi connectivity index (χ1) is 11.6. The van der Waals surface area contributed by atoms with E-state index < -0.39 is 6.10 Å². The molecular weight excluding hydrogens is 325 g/mol. The number of pyridine rings is 1. The van der Waals surface area contributed by atoms with Crippen molar-refractivity contribution < 1.29 is 9.50 Å². The van der Waals surface area contributed by atoms with Crippen molar-refractivity contribution in [1.29, 1.82) is 0 Å². The summed E-state index contributed by atoms with van der Waals surface area (Å²) in [6, 6.07) is 11.4. The van der Waals surface area contributed by atoms with Gasteiger partial charge in [0.1, 0.15) is 10.8 Å². The van der Waals surface area contributed by atoms with Crippen molar-refractivity contribution in [2.75, 3.05) is 0 Å². The van der Waals surface area contributed by atoms with Crippen LogP contribution in [0, 0.1) is 5.82 Å². The van der Waals surface area contributed by atoms with Crippen LogP contribution >= 0.6 is 11.3 Å². The first kappa shape index (κ1) is 16.7. The Balaban J connectivity index is 1.59. The molecule has 2 atom stereocenters. The number of nitrogens with zero attached hydrogens (tertiary/aromatic N) is 2. The van der Waals surface area contributed by atoms with Crippen LogP contribution in [0.4, 0.5) is 4.39 Å². The smallest absolute Gasteiger partial charge is 0.142 e. The minimum Gasteiger partial charge on any atom is -0.387 e. The number of halogens is 1. The SMILES string of the molecule is CC(NCc1csc(-c2ccccn2)n1)C(O)c1ccc(F)cc1. The molecule has 2 N–H and O–H groups in total. The van der Waals surface area contributed by atoms with Crippen LogP contribution in [0.3, 0.4) is 0 Å². The molecule has 2 unspecified atom stereocenters. The molecule has 0 bridgehead atoms. The maximum atomic E-state index is 13.0. The molecule has 6 heteroatoms. The van der Waals surface area contributed by atoms with Crippen LogP contribution in [0.25, 0.3) is 10.7 Å². The number of nitrogens with one attached hydrogen (secondary N) is 1. The quantitative estimate of drug-likeness (QED) is 0.718. The molecule has 0 saturated heterocycles. The molecule has 0 aliphatic heterocycles. The molecule has 24 heavy (non-hydrogen) atoms. The molecule has 3 aromatic rings. The predicted octanol–water partition coefficient (Wildman–Crippen LogP) is 3.56. The summed E-state index contributed by atoms with van der Waals surface area (Å²) in [6.07, 6.45) is 1.04. The summed E-state index contributed by atoms with van der Waals surface area (Å²) >= 11 is 1.54. The maximum absolute atomic E-state index is 13.0. The van der Waals surface area contributed by atoms with Crippen LogP contribution in [0.5, 0.6) is 0 Å². The molecule has 0 spiro atoms. The third-order valence-electron chi connectivity index (χ3n) is 3.73. The molecule has 2 aromatic heterocycles. The summed E-state index contributed by atoms with van der Waals surface area (Å²) in [5.74, 6) is -0.309. The topological polar surface area (TPSA) is 58.0 Å². The van der Waals surface area contributed by atoms with Crippen molar-refractivity contribution in [2.45, 2.75) is 25.6 Å². The summed E-state index contributed by atoms with van der Waals surface area (Å²) in [5.41, 5.74) is 2.44. The number of aliphatic hydroxyl groups excluding tert-OH is 1. The Morgan fingerprint density at radius 2 is 2.00 bits per heavy atom. The van der Waals surface area contributed by atoms with Gasteiger partial charge in [0.2, 0.25) is 0 Å². The second-order valence-electron chi connectivity index (χ2n) is 5.52. The number of thiazole rings is 1. The molecule has 2 heterocycles. The van der Waals surface area contributed by atoms with Crippen molar-refractivity contribution in [3.8, 4) is 10.7 Å². The Bertz CT molecular complexity index is 776. The van der Waals surface area contributed by atoms with E-state index in [-0.39, 0.29) is 11.9 Å². The number of aliphatic hydroxyl groups is 1. The van der Waals surface area contributed by atoms with E-state index in [0.717, 1.165) is 16.4 Å². The van der Waals surface area contributed by atoms with E-state index in [9.17, 15) is 9.50 Å². The van der Waals surface area contributed by atoms with Gasteiger partial charge in [-0.1, -0.05) is 18.2 Å². The van der Waals surface area contributed by atoms with Crippen LogP contribution in [-0.4, -0.2) is 21.1 Å². The fourth-order valence-electron chi connectivity index (χ4n) is 2.32. The summed E-state index contributed by atoms with van der Waals surface area (Å²) in [6.45, 7) is 2.43. The first-order valence-electron chi connectivity index (χ1n) is 7.66. The molecule has 3 rings (SSSR count). The summed E-state index contributed by atoms with van der Waals surface area (Å²) in [7, 11) is 0. The highest BCUT2D eigenvalue weighted by molar-refractivity contribution is 7.13. The average Bonchev–Trinajstić information content (AvgIpc) is 3.09. The molecule has 124 valence electrons. The number of benzene rings is 1. The van der Waals surface area contributed by atoms with Gasteiger partial charge in [-0.2, -0.15) is 0 Å². The van der Waals surface area contributed by atoms with Crippen LogP contribution in [0.2, 0.25) is 0 Å². The van der Waals surface area contributed by atoms with Gasteiger partial charge in [0.05, 0.1) is 17.5 Å². The Hall–Kier alpha value is -2.15. The fraction of sp³-hybridized carbons (Fsp3) is 0.222. The summed E-state index contributed by atoms with van der Waals surface area (Å²) in [4.78, 5) is 8.85. The van der Waals surface area contributed by atoms with E-state index >= 15 is 0 Å². The Labute approximate surface area is 144 Å². The van der Waals surface area contributed by atoms with Gasteiger partial charge >= 0.3 is 0 Å². The van der Waals surface area contributed by atoms with Crippen LogP contribution < -0.4 is 5.32 Å². The van der Waals surface area contributed by atoms with Crippen molar-refractivity contribution in [3.05, 3.63) is 71.1 Å². The fourth-order valence-corrected chi connectivity index (χ4v) is 3.12. The minimum atomic E-state index is -0.709. The van der Waals surface area contributed by atoms with E-state index in [4.69, 9.17) is 0 Å². The normalized spacial score (nSPS) is 13.6. The minimum absolute atomic E-state index is 0.185. The lowest BCUT2D eigenvalue weighted by Gasteiger charge is -2.20. The van der Waals surface area contributed by atoms with E-state index in [0.29, 0.717) is 12.1 Å². The van der Waals surface area contributed by atoms with Crippen LogP contribution in [-0.2, 0) is 6.54 Å². The zero-order chi connectivity index (χ0) is 16.9. The molecule has 1 aromatic carbocycles. The zero-order valence-electron chi connectivity index (χ0n) is 13.2. The molecule has 0 amide bonds. The summed E-state index contributed by atoms with van der Waals surface area (Å²) < 4.78 is 13.0. The van der Waals surface area contributed by atoms with Crippen molar-refractivity contribution in [3.63, 3.8) is 0 Å². The molecule has 0 saturated carbocycles. The highest BCUT2D eigenvalue weighted by Gasteiger charge is 2.16. The average molecular weight is 343 g/mol. The molecule has 4 nitrogen and oxygen atoms in total.